The molecule has 170 valence electrons. The van der Waals surface area contributed by atoms with E-state index in [1.165, 1.54) is 6.26 Å². The number of aromatic nitrogens is 1. The molecule has 2 N–H and O–H groups in total. The Morgan fingerprint density at radius 3 is 2.65 bits per heavy atom. The number of hydrogen-bond donors (Lipinski definition) is 2. The summed E-state index contributed by atoms with van der Waals surface area (Å²) >= 11 is 0. The van der Waals surface area contributed by atoms with E-state index in [-0.39, 0.29) is 17.5 Å². The van der Waals surface area contributed by atoms with Gasteiger partial charge in [-0.25, -0.2) is 9.78 Å². The van der Waals surface area contributed by atoms with Gasteiger partial charge in [0.2, 0.25) is 0 Å². The van der Waals surface area contributed by atoms with E-state index in [1.54, 1.807) is 60.7 Å². The molecule has 1 saturated carbocycles. The molecule has 0 radical (unpaired) electrons. The molecule has 8 nitrogen and oxygen atoms in total. The van der Waals surface area contributed by atoms with Gasteiger partial charge in [-0.2, -0.15) is 0 Å². The largest absolute Gasteiger partial charge is 0.463 e. The summed E-state index contributed by atoms with van der Waals surface area (Å²) in [5.74, 6) is -0.832. The van der Waals surface area contributed by atoms with E-state index in [0.29, 0.717) is 33.6 Å². The van der Waals surface area contributed by atoms with E-state index in [4.69, 9.17) is 9.15 Å². The van der Waals surface area contributed by atoms with Gasteiger partial charge in [0.1, 0.15) is 5.69 Å². The Morgan fingerprint density at radius 2 is 1.85 bits per heavy atom. The molecule has 0 unspecified atom stereocenters. The number of anilines is 1. The van der Waals surface area contributed by atoms with Gasteiger partial charge in [-0.3, -0.25) is 9.59 Å². The van der Waals surface area contributed by atoms with Gasteiger partial charge >= 0.3 is 5.97 Å². The Bertz CT molecular complexity index is 1380. The van der Waals surface area contributed by atoms with Gasteiger partial charge in [-0.05, 0) is 55.3 Å². The zero-order valence-electron chi connectivity index (χ0n) is 18.1. The molecule has 2 aromatic carbocycles. The Kier molecular flexibility index (Phi) is 5.78. The van der Waals surface area contributed by atoms with Gasteiger partial charge < -0.3 is 19.8 Å². The molecule has 2 aromatic heterocycles. The average Bonchev–Trinajstić information content (AvgIpc) is 3.49. The summed E-state index contributed by atoms with van der Waals surface area (Å²) in [6, 6.07) is 19.1. The van der Waals surface area contributed by atoms with Crippen LogP contribution in [0.2, 0.25) is 0 Å². The number of ether oxygens (including phenoxy) is 1. The first kappa shape index (κ1) is 21.4. The van der Waals surface area contributed by atoms with E-state index >= 15 is 0 Å². The third-order valence-corrected chi connectivity index (χ3v) is 5.37. The SMILES string of the molecule is O=C(COC(=O)c1cc(-c2ccco2)nc2ccccc12)Nc1cccc(C(=O)NC2CC2)c1. The molecule has 0 saturated heterocycles. The van der Waals surface area contributed by atoms with Crippen molar-refractivity contribution in [2.45, 2.75) is 18.9 Å². The van der Waals surface area contributed by atoms with E-state index in [2.05, 4.69) is 15.6 Å². The minimum absolute atomic E-state index is 0.179. The number of carbonyl (C=O) groups is 3. The van der Waals surface area contributed by atoms with Crippen molar-refractivity contribution in [3.63, 3.8) is 0 Å². The number of pyridine rings is 1. The van der Waals surface area contributed by atoms with Crippen LogP contribution in [0.4, 0.5) is 5.69 Å². The minimum atomic E-state index is -0.654. The summed E-state index contributed by atoms with van der Waals surface area (Å²) in [7, 11) is 0. The second kappa shape index (κ2) is 9.19. The highest BCUT2D eigenvalue weighted by atomic mass is 16.5. The molecule has 1 fully saturated rings. The average molecular weight is 455 g/mol. The fourth-order valence-corrected chi connectivity index (χ4v) is 3.54. The molecule has 1 aliphatic rings. The number of carbonyl (C=O) groups excluding carboxylic acids is 3. The minimum Gasteiger partial charge on any atom is -0.463 e. The number of furan rings is 1. The van der Waals surface area contributed by atoms with Gasteiger partial charge in [-0.15, -0.1) is 0 Å². The number of rotatable bonds is 7. The molecule has 0 bridgehead atoms. The molecule has 34 heavy (non-hydrogen) atoms. The Labute approximate surface area is 194 Å². The fourth-order valence-electron chi connectivity index (χ4n) is 3.54. The first-order chi connectivity index (χ1) is 16.6. The van der Waals surface area contributed by atoms with Crippen LogP contribution in [0, 0.1) is 0 Å². The van der Waals surface area contributed by atoms with E-state index in [0.717, 1.165) is 12.8 Å². The molecule has 8 heteroatoms. The van der Waals surface area contributed by atoms with Crippen LogP contribution in [-0.4, -0.2) is 35.4 Å². The lowest BCUT2D eigenvalue weighted by atomic mass is 10.1. The molecule has 4 aromatic rings. The fraction of sp³-hybridized carbons (Fsp3) is 0.154. The molecule has 0 atom stereocenters. The van der Waals surface area contributed by atoms with Gasteiger partial charge in [0.25, 0.3) is 11.8 Å². The molecular formula is C26H21N3O5. The third kappa shape index (κ3) is 4.80. The summed E-state index contributed by atoms with van der Waals surface area (Å²) < 4.78 is 10.7. The third-order valence-electron chi connectivity index (χ3n) is 5.37. The lowest BCUT2D eigenvalue weighted by Gasteiger charge is -2.10. The quantitative estimate of drug-likeness (QED) is 0.405. The van der Waals surface area contributed by atoms with Crippen molar-refractivity contribution >= 4 is 34.4 Å². The van der Waals surface area contributed by atoms with Crippen molar-refractivity contribution < 1.29 is 23.5 Å². The van der Waals surface area contributed by atoms with Gasteiger partial charge in [0.15, 0.2) is 12.4 Å². The molecule has 2 heterocycles. The molecule has 2 amide bonds. The van der Waals surface area contributed by atoms with Crippen LogP contribution in [0.25, 0.3) is 22.4 Å². The zero-order chi connectivity index (χ0) is 23.5. The first-order valence-electron chi connectivity index (χ1n) is 10.9. The molecular weight excluding hydrogens is 434 g/mol. The summed E-state index contributed by atoms with van der Waals surface area (Å²) in [4.78, 5) is 42.1. The van der Waals surface area contributed by atoms with E-state index < -0.39 is 18.5 Å². The lowest BCUT2D eigenvalue weighted by Crippen LogP contribution is -2.25. The molecule has 0 aliphatic heterocycles. The number of amides is 2. The number of hydrogen-bond acceptors (Lipinski definition) is 6. The highest BCUT2D eigenvalue weighted by Crippen LogP contribution is 2.26. The summed E-state index contributed by atoms with van der Waals surface area (Å²) in [6.07, 6.45) is 3.51. The second-order valence-corrected chi connectivity index (χ2v) is 8.00. The van der Waals surface area contributed by atoms with Gasteiger partial charge in [-0.1, -0.05) is 24.3 Å². The Balaban J connectivity index is 1.27. The van der Waals surface area contributed by atoms with Crippen LogP contribution in [0.3, 0.4) is 0 Å². The summed E-state index contributed by atoms with van der Waals surface area (Å²) in [5.41, 5.74) is 2.27. The monoisotopic (exact) mass is 455 g/mol. The molecule has 5 rings (SSSR count). The van der Waals surface area contributed by atoms with Crippen LogP contribution >= 0.6 is 0 Å². The number of fused-ring (bicyclic) bond motifs is 1. The second-order valence-electron chi connectivity index (χ2n) is 8.00. The predicted molar refractivity (Wildman–Crippen MR) is 125 cm³/mol. The van der Waals surface area contributed by atoms with Crippen molar-refractivity contribution in [1.82, 2.24) is 10.3 Å². The Morgan fingerprint density at radius 1 is 1.00 bits per heavy atom. The predicted octanol–water partition coefficient (Wildman–Crippen LogP) is 4.18. The Hall–Kier alpha value is -4.46. The van der Waals surface area contributed by atoms with Crippen molar-refractivity contribution in [3.8, 4) is 11.5 Å². The van der Waals surface area contributed by atoms with E-state index in [1.807, 2.05) is 6.07 Å². The number of nitrogens with zero attached hydrogens (tertiary/aromatic N) is 1. The van der Waals surface area contributed by atoms with Gasteiger partial charge in [0, 0.05) is 22.7 Å². The van der Waals surface area contributed by atoms with Crippen LogP contribution in [-0.2, 0) is 9.53 Å². The standard InChI is InChI=1S/C26H21N3O5/c30-24(27-18-6-3-5-16(13-18)25(31)28-17-10-11-17)15-34-26(32)20-14-22(23-9-4-12-33-23)29-21-8-2-1-7-19(20)21/h1-9,12-14,17H,10-11,15H2,(H,27,30)(H,28,31). The van der Waals surface area contributed by atoms with Crippen LogP contribution in [0.5, 0.6) is 0 Å². The van der Waals surface area contributed by atoms with E-state index in [9.17, 15) is 14.4 Å². The highest BCUT2D eigenvalue weighted by molar-refractivity contribution is 6.05. The van der Waals surface area contributed by atoms with Crippen molar-refractivity contribution in [1.29, 1.82) is 0 Å². The van der Waals surface area contributed by atoms with Crippen molar-refractivity contribution in [2.24, 2.45) is 0 Å². The van der Waals surface area contributed by atoms with Crippen molar-refractivity contribution in [2.75, 3.05) is 11.9 Å². The maximum absolute atomic E-state index is 12.9. The van der Waals surface area contributed by atoms with Crippen LogP contribution in [0.1, 0.15) is 33.6 Å². The topological polar surface area (TPSA) is 111 Å². The van der Waals surface area contributed by atoms with Crippen LogP contribution in [0.15, 0.2) is 77.4 Å². The molecule has 0 spiro atoms. The number of nitrogens with one attached hydrogen (secondary N) is 2. The summed E-state index contributed by atoms with van der Waals surface area (Å²) in [5, 5.41) is 6.17. The lowest BCUT2D eigenvalue weighted by molar-refractivity contribution is -0.119. The number of benzene rings is 2. The smallest absolute Gasteiger partial charge is 0.339 e. The zero-order valence-corrected chi connectivity index (χ0v) is 18.1. The van der Waals surface area contributed by atoms with Crippen LogP contribution < -0.4 is 10.6 Å². The first-order valence-corrected chi connectivity index (χ1v) is 10.9. The van der Waals surface area contributed by atoms with Gasteiger partial charge in [0.05, 0.1) is 17.3 Å². The number of esters is 1. The maximum Gasteiger partial charge on any atom is 0.339 e. The molecule has 1 aliphatic carbocycles. The maximum atomic E-state index is 12.9. The summed E-state index contributed by atoms with van der Waals surface area (Å²) in [6.45, 7) is -0.482. The normalized spacial score (nSPS) is 12.8. The number of para-hydroxylation sites is 1. The van der Waals surface area contributed by atoms with Crippen molar-refractivity contribution in [3.05, 3.63) is 84.1 Å². The highest BCUT2D eigenvalue weighted by Gasteiger charge is 2.24.